The molecule has 1 heterocycles. The number of rotatable bonds is 6. The second-order valence-electron chi connectivity index (χ2n) is 6.53. The molecule has 27 heavy (non-hydrogen) atoms. The molecule has 3 rings (SSSR count). The summed E-state index contributed by atoms with van der Waals surface area (Å²) in [6.07, 6.45) is 0.997. The SMILES string of the molecule is COC(=O)c1ccc(NC(=O)[C@@H]2CC(=O)N(CCc3ccccc3)C2)cc1. The average Bonchev–Trinajstić information content (AvgIpc) is 3.08. The first kappa shape index (κ1) is 18.6. The largest absolute Gasteiger partial charge is 0.465 e. The lowest BCUT2D eigenvalue weighted by Gasteiger charge is -2.16. The van der Waals surface area contributed by atoms with Gasteiger partial charge in [-0.2, -0.15) is 0 Å². The molecule has 140 valence electrons. The lowest BCUT2D eigenvalue weighted by molar-refractivity contribution is -0.128. The smallest absolute Gasteiger partial charge is 0.337 e. The highest BCUT2D eigenvalue weighted by Gasteiger charge is 2.34. The predicted molar refractivity (Wildman–Crippen MR) is 101 cm³/mol. The summed E-state index contributed by atoms with van der Waals surface area (Å²) in [4.78, 5) is 37.9. The number of nitrogens with one attached hydrogen (secondary N) is 1. The van der Waals surface area contributed by atoms with Crippen LogP contribution < -0.4 is 5.32 Å². The fourth-order valence-corrected chi connectivity index (χ4v) is 3.12. The third-order valence-corrected chi connectivity index (χ3v) is 4.67. The molecule has 2 amide bonds. The Morgan fingerprint density at radius 2 is 1.81 bits per heavy atom. The van der Waals surface area contributed by atoms with Crippen LogP contribution in [0.5, 0.6) is 0 Å². The van der Waals surface area contributed by atoms with Crippen molar-refractivity contribution < 1.29 is 19.1 Å². The standard InChI is InChI=1S/C21H22N2O4/c1-27-21(26)16-7-9-18(10-8-16)22-20(25)17-13-19(24)23(14-17)12-11-15-5-3-2-4-6-15/h2-10,17H,11-14H2,1H3,(H,22,25)/t17-/m1/s1. The van der Waals surface area contributed by atoms with Crippen molar-refractivity contribution in [3.05, 3.63) is 65.7 Å². The Morgan fingerprint density at radius 1 is 1.11 bits per heavy atom. The molecule has 0 aliphatic carbocycles. The van der Waals surface area contributed by atoms with Crippen LogP contribution in [0.2, 0.25) is 0 Å². The van der Waals surface area contributed by atoms with Gasteiger partial charge in [-0.25, -0.2) is 4.79 Å². The summed E-state index contributed by atoms with van der Waals surface area (Å²) in [5.74, 6) is -0.972. The van der Waals surface area contributed by atoms with Gasteiger partial charge in [0.1, 0.15) is 0 Å². The van der Waals surface area contributed by atoms with Crippen LogP contribution in [0.3, 0.4) is 0 Å². The first-order valence-corrected chi connectivity index (χ1v) is 8.88. The van der Waals surface area contributed by atoms with Crippen LogP contribution >= 0.6 is 0 Å². The van der Waals surface area contributed by atoms with E-state index in [4.69, 9.17) is 0 Å². The highest BCUT2D eigenvalue weighted by molar-refractivity contribution is 5.97. The molecule has 1 fully saturated rings. The summed E-state index contributed by atoms with van der Waals surface area (Å²) in [7, 11) is 1.32. The molecule has 6 nitrogen and oxygen atoms in total. The maximum Gasteiger partial charge on any atom is 0.337 e. The zero-order valence-electron chi connectivity index (χ0n) is 15.2. The summed E-state index contributed by atoms with van der Waals surface area (Å²) in [6.45, 7) is 1.04. The van der Waals surface area contributed by atoms with E-state index in [1.54, 1.807) is 29.2 Å². The Balaban J connectivity index is 1.53. The molecular weight excluding hydrogens is 344 g/mol. The van der Waals surface area contributed by atoms with Gasteiger partial charge in [0, 0.05) is 25.2 Å². The van der Waals surface area contributed by atoms with Crippen molar-refractivity contribution in [3.8, 4) is 0 Å². The van der Waals surface area contributed by atoms with Crippen LogP contribution in [-0.2, 0) is 20.7 Å². The Labute approximate surface area is 158 Å². The van der Waals surface area contributed by atoms with E-state index in [2.05, 4.69) is 10.1 Å². The van der Waals surface area contributed by atoms with E-state index in [0.717, 1.165) is 6.42 Å². The second kappa shape index (κ2) is 8.49. The Kier molecular flexibility index (Phi) is 5.86. The zero-order valence-corrected chi connectivity index (χ0v) is 15.2. The molecular formula is C21H22N2O4. The Morgan fingerprint density at radius 3 is 2.48 bits per heavy atom. The number of benzene rings is 2. The molecule has 1 atom stereocenters. The van der Waals surface area contributed by atoms with Gasteiger partial charge in [0.15, 0.2) is 0 Å². The second-order valence-corrected chi connectivity index (χ2v) is 6.53. The summed E-state index contributed by atoms with van der Waals surface area (Å²) in [5, 5.41) is 2.81. The van der Waals surface area contributed by atoms with E-state index >= 15 is 0 Å². The van der Waals surface area contributed by atoms with Crippen molar-refractivity contribution in [2.75, 3.05) is 25.5 Å². The zero-order chi connectivity index (χ0) is 19.2. The van der Waals surface area contributed by atoms with Gasteiger partial charge in [0.2, 0.25) is 11.8 Å². The molecule has 6 heteroatoms. The quantitative estimate of drug-likeness (QED) is 0.797. The van der Waals surface area contributed by atoms with Crippen LogP contribution in [0.15, 0.2) is 54.6 Å². The van der Waals surface area contributed by atoms with Crippen LogP contribution in [0.4, 0.5) is 5.69 Å². The van der Waals surface area contributed by atoms with Gasteiger partial charge in [-0.1, -0.05) is 30.3 Å². The number of esters is 1. The number of hydrogen-bond acceptors (Lipinski definition) is 4. The molecule has 0 bridgehead atoms. The van der Waals surface area contributed by atoms with Gasteiger partial charge in [0.05, 0.1) is 18.6 Å². The molecule has 0 radical (unpaired) electrons. The number of carbonyl (C=O) groups is 3. The number of likely N-dealkylation sites (tertiary alicyclic amines) is 1. The first-order chi connectivity index (χ1) is 13.1. The van der Waals surface area contributed by atoms with Gasteiger partial charge >= 0.3 is 5.97 Å². The number of nitrogens with zero attached hydrogens (tertiary/aromatic N) is 1. The van der Waals surface area contributed by atoms with Gasteiger partial charge in [-0.3, -0.25) is 9.59 Å². The van der Waals surface area contributed by atoms with Gasteiger partial charge in [-0.05, 0) is 36.2 Å². The van der Waals surface area contributed by atoms with Crippen molar-refractivity contribution in [3.63, 3.8) is 0 Å². The minimum Gasteiger partial charge on any atom is -0.465 e. The van der Waals surface area contributed by atoms with E-state index < -0.39 is 5.97 Å². The molecule has 1 aliphatic rings. The number of anilines is 1. The minimum atomic E-state index is -0.427. The Hall–Kier alpha value is -3.15. The molecule has 1 N–H and O–H groups in total. The van der Waals surface area contributed by atoms with Gasteiger partial charge in [-0.15, -0.1) is 0 Å². The van der Waals surface area contributed by atoms with Crippen molar-refractivity contribution in [1.29, 1.82) is 0 Å². The summed E-state index contributed by atoms with van der Waals surface area (Å²) in [5.41, 5.74) is 2.17. The molecule has 1 saturated heterocycles. The molecule has 0 aromatic heterocycles. The van der Waals surface area contributed by atoms with Crippen molar-refractivity contribution in [1.82, 2.24) is 4.90 Å². The fraction of sp³-hybridized carbons (Fsp3) is 0.286. The number of hydrogen-bond donors (Lipinski definition) is 1. The maximum atomic E-state index is 12.5. The van der Waals surface area contributed by atoms with Crippen molar-refractivity contribution in [2.24, 2.45) is 5.92 Å². The molecule has 0 unspecified atom stereocenters. The fourth-order valence-electron chi connectivity index (χ4n) is 3.12. The lowest BCUT2D eigenvalue weighted by Crippen LogP contribution is -2.30. The maximum absolute atomic E-state index is 12.5. The van der Waals surface area contributed by atoms with Crippen molar-refractivity contribution in [2.45, 2.75) is 12.8 Å². The topological polar surface area (TPSA) is 75.7 Å². The molecule has 0 saturated carbocycles. The summed E-state index contributed by atoms with van der Waals surface area (Å²) in [6, 6.07) is 16.4. The van der Waals surface area contributed by atoms with Crippen LogP contribution in [-0.4, -0.2) is 42.9 Å². The van der Waals surface area contributed by atoms with E-state index in [1.807, 2.05) is 30.3 Å². The van der Waals surface area contributed by atoms with Gasteiger partial charge < -0.3 is 15.0 Å². The lowest BCUT2D eigenvalue weighted by atomic mass is 10.1. The van der Waals surface area contributed by atoms with Crippen LogP contribution in [0.1, 0.15) is 22.3 Å². The predicted octanol–water partition coefficient (Wildman–Crippen LogP) is 2.50. The average molecular weight is 366 g/mol. The first-order valence-electron chi connectivity index (χ1n) is 8.88. The highest BCUT2D eigenvalue weighted by Crippen LogP contribution is 2.21. The minimum absolute atomic E-state index is 0.00659. The monoisotopic (exact) mass is 366 g/mol. The third-order valence-electron chi connectivity index (χ3n) is 4.67. The third kappa shape index (κ3) is 4.73. The molecule has 1 aliphatic heterocycles. The summed E-state index contributed by atoms with van der Waals surface area (Å²) >= 11 is 0. The number of ether oxygens (including phenoxy) is 1. The number of amides is 2. The van der Waals surface area contributed by atoms with E-state index in [9.17, 15) is 14.4 Å². The number of carbonyl (C=O) groups excluding carboxylic acids is 3. The molecule has 2 aromatic carbocycles. The molecule has 2 aromatic rings. The van der Waals surface area contributed by atoms with E-state index in [1.165, 1.54) is 12.7 Å². The van der Waals surface area contributed by atoms with Crippen LogP contribution in [0, 0.1) is 5.92 Å². The normalized spacial score (nSPS) is 16.3. The van der Waals surface area contributed by atoms with E-state index in [0.29, 0.717) is 24.3 Å². The summed E-state index contributed by atoms with van der Waals surface area (Å²) < 4.78 is 4.65. The number of methoxy groups -OCH3 is 1. The Bertz CT molecular complexity index is 818. The van der Waals surface area contributed by atoms with Gasteiger partial charge in [0.25, 0.3) is 0 Å². The molecule has 0 spiro atoms. The highest BCUT2D eigenvalue weighted by atomic mass is 16.5. The van der Waals surface area contributed by atoms with Crippen molar-refractivity contribution >= 4 is 23.5 Å². The van der Waals surface area contributed by atoms with Crippen LogP contribution in [0.25, 0.3) is 0 Å². The van der Waals surface area contributed by atoms with E-state index in [-0.39, 0.29) is 24.2 Å².